The van der Waals surface area contributed by atoms with Crippen LogP contribution in [0.1, 0.15) is 43.4 Å². The third-order valence-electron chi connectivity index (χ3n) is 3.72. The summed E-state index contributed by atoms with van der Waals surface area (Å²) >= 11 is 0. The highest BCUT2D eigenvalue weighted by Crippen LogP contribution is 2.23. The summed E-state index contributed by atoms with van der Waals surface area (Å²) in [5.74, 6) is -0.270. The maximum absolute atomic E-state index is 13.0. The molecule has 0 amide bonds. The Kier molecular flexibility index (Phi) is 8.35. The van der Waals surface area contributed by atoms with Crippen LogP contribution in [0.4, 0.5) is 10.1 Å². The number of benzene rings is 2. The second-order valence-electron chi connectivity index (χ2n) is 5.45. The van der Waals surface area contributed by atoms with Crippen LogP contribution in [-0.4, -0.2) is 6.29 Å². The molecule has 0 aromatic heterocycles. The highest BCUT2D eigenvalue weighted by atomic mass is 35.5. The van der Waals surface area contributed by atoms with E-state index in [1.54, 1.807) is 12.1 Å². The van der Waals surface area contributed by atoms with Crippen LogP contribution in [0.2, 0.25) is 0 Å². The molecule has 0 bridgehead atoms. The van der Waals surface area contributed by atoms with Crippen molar-refractivity contribution in [2.75, 3.05) is 5.32 Å². The van der Waals surface area contributed by atoms with Crippen molar-refractivity contribution in [1.82, 2.24) is 0 Å². The first kappa shape index (κ1) is 19.2. The van der Waals surface area contributed by atoms with Gasteiger partial charge >= 0.3 is 0 Å². The first-order valence-electron chi connectivity index (χ1n) is 7.77. The molecule has 23 heavy (non-hydrogen) atoms. The number of nitrogens with one attached hydrogen (secondary N) is 1. The SMILES string of the molecule is CCCCc1ccc(NC(CC=O)c2ccc(F)cc2)cc1.Cl. The molecule has 0 aliphatic heterocycles. The maximum atomic E-state index is 13.0. The Hall–Kier alpha value is -1.87. The van der Waals surface area contributed by atoms with E-state index in [-0.39, 0.29) is 24.3 Å². The first-order chi connectivity index (χ1) is 10.7. The minimum Gasteiger partial charge on any atom is -0.378 e. The van der Waals surface area contributed by atoms with Crippen molar-refractivity contribution < 1.29 is 9.18 Å². The molecule has 0 saturated carbocycles. The number of aryl methyl sites for hydroxylation is 1. The van der Waals surface area contributed by atoms with Crippen molar-refractivity contribution in [2.45, 2.75) is 38.6 Å². The number of aldehydes is 1. The van der Waals surface area contributed by atoms with Crippen molar-refractivity contribution in [2.24, 2.45) is 0 Å². The van der Waals surface area contributed by atoms with Crippen LogP contribution in [0.5, 0.6) is 0 Å². The lowest BCUT2D eigenvalue weighted by Gasteiger charge is -2.18. The van der Waals surface area contributed by atoms with Gasteiger partial charge in [-0.05, 0) is 48.2 Å². The molecular formula is C19H23ClFNO. The number of anilines is 1. The quantitative estimate of drug-likeness (QED) is 0.660. The largest absolute Gasteiger partial charge is 0.378 e. The average molecular weight is 336 g/mol. The molecule has 0 fully saturated rings. The van der Waals surface area contributed by atoms with E-state index >= 15 is 0 Å². The third-order valence-corrected chi connectivity index (χ3v) is 3.72. The smallest absolute Gasteiger partial charge is 0.123 e. The summed E-state index contributed by atoms with van der Waals surface area (Å²) in [5.41, 5.74) is 3.20. The second kappa shape index (κ2) is 10.0. The van der Waals surface area contributed by atoms with Gasteiger partial charge in [-0.25, -0.2) is 4.39 Å². The van der Waals surface area contributed by atoms with Crippen molar-refractivity contribution in [3.8, 4) is 0 Å². The van der Waals surface area contributed by atoms with E-state index in [9.17, 15) is 9.18 Å². The van der Waals surface area contributed by atoms with Gasteiger partial charge in [0.25, 0.3) is 0 Å². The molecule has 0 aliphatic rings. The fourth-order valence-corrected chi connectivity index (χ4v) is 2.42. The van der Waals surface area contributed by atoms with Gasteiger partial charge in [0, 0.05) is 12.1 Å². The van der Waals surface area contributed by atoms with Gasteiger partial charge in [0.1, 0.15) is 12.1 Å². The Labute approximate surface area is 143 Å². The molecule has 0 saturated heterocycles. The lowest BCUT2D eigenvalue weighted by Crippen LogP contribution is -2.11. The van der Waals surface area contributed by atoms with Gasteiger partial charge in [-0.2, -0.15) is 0 Å². The standard InChI is InChI=1S/C19H22FNO.ClH/c1-2-3-4-15-5-11-18(12-6-15)21-19(13-14-22)16-7-9-17(20)10-8-16;/h5-12,14,19,21H,2-4,13H2,1H3;1H. The number of rotatable bonds is 8. The zero-order chi connectivity index (χ0) is 15.8. The predicted molar refractivity (Wildman–Crippen MR) is 95.7 cm³/mol. The molecule has 1 unspecified atom stereocenters. The van der Waals surface area contributed by atoms with E-state index in [0.29, 0.717) is 6.42 Å². The van der Waals surface area contributed by atoms with Gasteiger partial charge in [-0.15, -0.1) is 12.4 Å². The number of carbonyl (C=O) groups excluding carboxylic acids is 1. The zero-order valence-electron chi connectivity index (χ0n) is 13.3. The zero-order valence-corrected chi connectivity index (χ0v) is 14.1. The lowest BCUT2D eigenvalue weighted by atomic mass is 10.0. The van der Waals surface area contributed by atoms with Gasteiger partial charge < -0.3 is 10.1 Å². The molecule has 0 radical (unpaired) electrons. The number of hydrogen-bond donors (Lipinski definition) is 1. The van der Waals surface area contributed by atoms with Crippen LogP contribution in [0, 0.1) is 5.82 Å². The van der Waals surface area contributed by atoms with Gasteiger partial charge in [-0.3, -0.25) is 0 Å². The Morgan fingerprint density at radius 1 is 1.09 bits per heavy atom. The predicted octanol–water partition coefficient (Wildman–Crippen LogP) is 5.33. The maximum Gasteiger partial charge on any atom is 0.123 e. The van der Waals surface area contributed by atoms with E-state index in [0.717, 1.165) is 24.0 Å². The molecule has 0 heterocycles. The summed E-state index contributed by atoms with van der Waals surface area (Å²) in [6.45, 7) is 2.18. The van der Waals surface area contributed by atoms with Crippen molar-refractivity contribution in [3.63, 3.8) is 0 Å². The van der Waals surface area contributed by atoms with E-state index < -0.39 is 0 Å². The summed E-state index contributed by atoms with van der Waals surface area (Å²) in [5, 5.41) is 3.35. The van der Waals surface area contributed by atoms with Crippen LogP contribution in [0.15, 0.2) is 48.5 Å². The summed E-state index contributed by atoms with van der Waals surface area (Å²) in [4.78, 5) is 10.9. The second-order valence-corrected chi connectivity index (χ2v) is 5.45. The molecule has 1 atom stereocenters. The molecule has 124 valence electrons. The molecular weight excluding hydrogens is 313 g/mol. The van der Waals surface area contributed by atoms with Gasteiger partial charge in [-0.1, -0.05) is 37.6 Å². The van der Waals surface area contributed by atoms with Crippen LogP contribution in [-0.2, 0) is 11.2 Å². The van der Waals surface area contributed by atoms with E-state index in [2.05, 4.69) is 24.4 Å². The van der Waals surface area contributed by atoms with Gasteiger partial charge in [0.15, 0.2) is 0 Å². The fraction of sp³-hybridized carbons (Fsp3) is 0.316. The molecule has 2 nitrogen and oxygen atoms in total. The number of halogens is 2. The molecule has 4 heteroatoms. The van der Waals surface area contributed by atoms with Gasteiger partial charge in [0.2, 0.25) is 0 Å². The molecule has 0 aliphatic carbocycles. The topological polar surface area (TPSA) is 29.1 Å². The molecule has 2 aromatic rings. The normalized spacial score (nSPS) is 11.4. The van der Waals surface area contributed by atoms with Crippen molar-refractivity contribution >= 4 is 24.4 Å². The summed E-state index contributed by atoms with van der Waals surface area (Å²) in [7, 11) is 0. The highest BCUT2D eigenvalue weighted by Gasteiger charge is 2.11. The molecule has 2 aromatic carbocycles. The third kappa shape index (κ3) is 6.03. The van der Waals surface area contributed by atoms with Crippen LogP contribution in [0.3, 0.4) is 0 Å². The summed E-state index contributed by atoms with van der Waals surface area (Å²) in [6, 6.07) is 14.4. The molecule has 0 spiro atoms. The Bertz CT molecular complexity index is 583. The lowest BCUT2D eigenvalue weighted by molar-refractivity contribution is -0.108. The minimum atomic E-state index is -0.270. The van der Waals surface area contributed by atoms with Crippen molar-refractivity contribution in [3.05, 3.63) is 65.5 Å². The minimum absolute atomic E-state index is 0. The number of carbonyl (C=O) groups is 1. The monoisotopic (exact) mass is 335 g/mol. The summed E-state index contributed by atoms with van der Waals surface area (Å²) in [6.07, 6.45) is 4.70. The van der Waals surface area contributed by atoms with Gasteiger partial charge in [0.05, 0.1) is 6.04 Å². The Morgan fingerprint density at radius 3 is 2.30 bits per heavy atom. The number of hydrogen-bond acceptors (Lipinski definition) is 2. The van der Waals surface area contributed by atoms with E-state index in [1.165, 1.54) is 30.5 Å². The first-order valence-corrected chi connectivity index (χ1v) is 7.77. The van der Waals surface area contributed by atoms with E-state index in [1.807, 2.05) is 12.1 Å². The van der Waals surface area contributed by atoms with Crippen LogP contribution in [0.25, 0.3) is 0 Å². The average Bonchev–Trinajstić information content (AvgIpc) is 2.54. The van der Waals surface area contributed by atoms with Crippen molar-refractivity contribution in [1.29, 1.82) is 0 Å². The van der Waals surface area contributed by atoms with Crippen LogP contribution < -0.4 is 5.32 Å². The fourth-order valence-electron chi connectivity index (χ4n) is 2.42. The molecule has 1 N–H and O–H groups in total. The van der Waals surface area contributed by atoms with Crippen LogP contribution >= 0.6 is 12.4 Å². The Morgan fingerprint density at radius 2 is 1.74 bits per heavy atom. The highest BCUT2D eigenvalue weighted by molar-refractivity contribution is 5.85. The molecule has 2 rings (SSSR count). The summed E-state index contributed by atoms with van der Waals surface area (Å²) < 4.78 is 13.0. The van der Waals surface area contributed by atoms with E-state index in [4.69, 9.17) is 0 Å². The number of unbranched alkanes of at least 4 members (excludes halogenated alkanes) is 1. The Balaban J connectivity index is 0.00000264.